The van der Waals surface area contributed by atoms with Crippen molar-refractivity contribution < 1.29 is 33.1 Å². The van der Waals surface area contributed by atoms with Gasteiger partial charge in [-0.05, 0) is 57.4 Å². The zero-order chi connectivity index (χ0) is 24.0. The van der Waals surface area contributed by atoms with Gasteiger partial charge in [0.2, 0.25) is 0 Å². The Morgan fingerprint density at radius 3 is 2.64 bits per heavy atom. The maximum Gasteiger partial charge on any atom is 0.331 e. The molecule has 10 nitrogen and oxygen atoms in total. The van der Waals surface area contributed by atoms with Crippen LogP contribution < -0.4 is 20.1 Å². The molecule has 1 saturated carbocycles. The molecular formula is C23H27N3O7. The van der Waals surface area contributed by atoms with Gasteiger partial charge in [-0.3, -0.25) is 10.1 Å². The lowest BCUT2D eigenvalue weighted by molar-refractivity contribution is -0.149. The van der Waals surface area contributed by atoms with Crippen LogP contribution in [0.3, 0.4) is 0 Å². The number of carbonyl (C=O) groups is 3. The highest BCUT2D eigenvalue weighted by molar-refractivity contribution is 5.98. The van der Waals surface area contributed by atoms with Gasteiger partial charge < -0.3 is 24.1 Å². The summed E-state index contributed by atoms with van der Waals surface area (Å²) in [5.41, 5.74) is 2.29. The number of hydrogen-bond donors (Lipinski definition) is 2. The van der Waals surface area contributed by atoms with Crippen molar-refractivity contribution in [1.29, 1.82) is 0 Å². The van der Waals surface area contributed by atoms with Gasteiger partial charge in [-0.1, -0.05) is 11.2 Å². The number of hydrogen-bond acceptors (Lipinski definition) is 8. The van der Waals surface area contributed by atoms with E-state index in [2.05, 4.69) is 15.8 Å². The lowest BCUT2D eigenvalue weighted by Gasteiger charge is -2.12. The molecule has 1 heterocycles. The molecule has 176 valence electrons. The standard InChI is InChI=1S/C23H27N3O7/c1-13-18(14(2)33-26-13)12-31-19-9-5-16(11-20(19)30-4)6-10-21(27)32-15(3)22(28)25-23(29)24-17-7-8-17/h5-6,9-11,15,17H,7-8,12H2,1-4H3,(H2,24,25,28,29)/b10-6+. The Labute approximate surface area is 191 Å². The number of urea groups is 1. The van der Waals surface area contributed by atoms with Gasteiger partial charge in [0, 0.05) is 12.1 Å². The van der Waals surface area contributed by atoms with Crippen molar-refractivity contribution in [2.45, 2.75) is 52.4 Å². The molecule has 10 heteroatoms. The molecule has 1 aromatic carbocycles. The van der Waals surface area contributed by atoms with Crippen molar-refractivity contribution in [3.8, 4) is 11.5 Å². The molecule has 1 aliphatic rings. The van der Waals surface area contributed by atoms with Gasteiger partial charge in [-0.25, -0.2) is 9.59 Å². The predicted molar refractivity (Wildman–Crippen MR) is 118 cm³/mol. The number of nitrogens with zero attached hydrogens (tertiary/aromatic N) is 1. The number of aryl methyl sites for hydroxylation is 2. The molecule has 0 spiro atoms. The fourth-order valence-corrected chi connectivity index (χ4v) is 2.86. The molecule has 0 bridgehead atoms. The monoisotopic (exact) mass is 457 g/mol. The van der Waals surface area contributed by atoms with E-state index < -0.39 is 24.0 Å². The van der Waals surface area contributed by atoms with Crippen LogP contribution in [-0.2, 0) is 20.9 Å². The fraction of sp³-hybridized carbons (Fsp3) is 0.391. The van der Waals surface area contributed by atoms with Crippen LogP contribution >= 0.6 is 0 Å². The van der Waals surface area contributed by atoms with Crippen LogP contribution in [0.25, 0.3) is 6.08 Å². The summed E-state index contributed by atoms with van der Waals surface area (Å²) in [4.78, 5) is 35.6. The van der Waals surface area contributed by atoms with Gasteiger partial charge in [0.1, 0.15) is 12.4 Å². The Morgan fingerprint density at radius 2 is 2.00 bits per heavy atom. The first kappa shape index (κ1) is 23.8. The normalized spacial score (nSPS) is 13.9. The summed E-state index contributed by atoms with van der Waals surface area (Å²) in [5.74, 6) is 0.268. The zero-order valence-electron chi connectivity index (χ0n) is 19.0. The van der Waals surface area contributed by atoms with Crippen LogP contribution in [0, 0.1) is 13.8 Å². The number of benzene rings is 1. The number of methoxy groups -OCH3 is 1. The lowest BCUT2D eigenvalue weighted by atomic mass is 10.2. The van der Waals surface area contributed by atoms with E-state index in [4.69, 9.17) is 18.7 Å². The topological polar surface area (TPSA) is 129 Å². The first-order valence-electron chi connectivity index (χ1n) is 10.5. The van der Waals surface area contributed by atoms with E-state index >= 15 is 0 Å². The Bertz CT molecular complexity index is 1040. The van der Waals surface area contributed by atoms with Crippen molar-refractivity contribution in [2.75, 3.05) is 7.11 Å². The quantitative estimate of drug-likeness (QED) is 0.434. The van der Waals surface area contributed by atoms with Gasteiger partial charge >= 0.3 is 12.0 Å². The Balaban J connectivity index is 1.53. The van der Waals surface area contributed by atoms with E-state index in [0.717, 1.165) is 24.1 Å². The number of aromatic nitrogens is 1. The molecule has 2 N–H and O–H groups in total. The van der Waals surface area contributed by atoms with Crippen LogP contribution in [0.2, 0.25) is 0 Å². The summed E-state index contributed by atoms with van der Waals surface area (Å²) in [6.07, 6.45) is 3.38. The van der Waals surface area contributed by atoms with Gasteiger partial charge in [-0.2, -0.15) is 0 Å². The molecular weight excluding hydrogens is 430 g/mol. The maximum absolute atomic E-state index is 12.1. The van der Waals surface area contributed by atoms with E-state index in [-0.39, 0.29) is 12.6 Å². The summed E-state index contributed by atoms with van der Waals surface area (Å²) in [6, 6.07) is 4.68. The molecule has 2 aromatic rings. The average molecular weight is 457 g/mol. The molecule has 1 atom stereocenters. The second-order valence-corrected chi connectivity index (χ2v) is 7.65. The number of esters is 1. The van der Waals surface area contributed by atoms with E-state index in [1.165, 1.54) is 26.2 Å². The van der Waals surface area contributed by atoms with Crippen molar-refractivity contribution in [1.82, 2.24) is 15.8 Å². The zero-order valence-corrected chi connectivity index (χ0v) is 19.0. The first-order chi connectivity index (χ1) is 15.8. The molecule has 1 fully saturated rings. The number of rotatable bonds is 9. The Morgan fingerprint density at radius 1 is 1.24 bits per heavy atom. The number of imide groups is 1. The second-order valence-electron chi connectivity index (χ2n) is 7.65. The molecule has 0 radical (unpaired) electrons. The van der Waals surface area contributed by atoms with Crippen molar-refractivity contribution >= 4 is 24.0 Å². The summed E-state index contributed by atoms with van der Waals surface area (Å²) in [5, 5.41) is 8.67. The highest BCUT2D eigenvalue weighted by atomic mass is 16.5. The Hall–Kier alpha value is -3.82. The van der Waals surface area contributed by atoms with Crippen molar-refractivity contribution in [3.05, 3.63) is 46.9 Å². The number of nitrogens with one attached hydrogen (secondary N) is 2. The predicted octanol–water partition coefficient (Wildman–Crippen LogP) is 2.81. The van der Waals surface area contributed by atoms with Gasteiger partial charge in [0.25, 0.3) is 5.91 Å². The summed E-state index contributed by atoms with van der Waals surface area (Å²) in [7, 11) is 1.51. The minimum atomic E-state index is -1.12. The van der Waals surface area contributed by atoms with Crippen LogP contribution in [0.15, 0.2) is 28.8 Å². The van der Waals surface area contributed by atoms with Crippen LogP contribution in [-0.4, -0.2) is 42.3 Å². The van der Waals surface area contributed by atoms with Crippen LogP contribution in [0.4, 0.5) is 4.79 Å². The van der Waals surface area contributed by atoms with E-state index in [9.17, 15) is 14.4 Å². The van der Waals surface area contributed by atoms with Crippen molar-refractivity contribution in [3.63, 3.8) is 0 Å². The molecule has 33 heavy (non-hydrogen) atoms. The minimum Gasteiger partial charge on any atom is -0.493 e. The molecule has 3 rings (SSSR count). The molecule has 1 unspecified atom stereocenters. The second kappa shape index (κ2) is 10.7. The van der Waals surface area contributed by atoms with E-state index in [0.29, 0.717) is 22.8 Å². The number of amides is 3. The van der Waals surface area contributed by atoms with Gasteiger partial charge in [-0.15, -0.1) is 0 Å². The molecule has 0 aliphatic heterocycles. The van der Waals surface area contributed by atoms with Crippen LogP contribution in [0.1, 0.15) is 42.3 Å². The van der Waals surface area contributed by atoms with Crippen LogP contribution in [0.5, 0.6) is 11.5 Å². The lowest BCUT2D eigenvalue weighted by Crippen LogP contribution is -2.45. The molecule has 3 amide bonds. The fourth-order valence-electron chi connectivity index (χ4n) is 2.86. The largest absolute Gasteiger partial charge is 0.493 e. The van der Waals surface area contributed by atoms with Gasteiger partial charge in [0.15, 0.2) is 17.6 Å². The average Bonchev–Trinajstić information content (AvgIpc) is 3.54. The summed E-state index contributed by atoms with van der Waals surface area (Å²) in [6.45, 7) is 5.32. The first-order valence-corrected chi connectivity index (χ1v) is 10.5. The highest BCUT2D eigenvalue weighted by Gasteiger charge is 2.25. The van der Waals surface area contributed by atoms with E-state index in [1.54, 1.807) is 18.2 Å². The Kier molecular flexibility index (Phi) is 7.70. The third-order valence-corrected chi connectivity index (χ3v) is 4.96. The molecule has 1 aromatic heterocycles. The highest BCUT2D eigenvalue weighted by Crippen LogP contribution is 2.30. The minimum absolute atomic E-state index is 0.114. The third kappa shape index (κ3) is 6.83. The number of carbonyl (C=O) groups excluding carboxylic acids is 3. The molecule has 1 aliphatic carbocycles. The third-order valence-electron chi connectivity index (χ3n) is 4.96. The van der Waals surface area contributed by atoms with Gasteiger partial charge in [0.05, 0.1) is 18.4 Å². The summed E-state index contributed by atoms with van der Waals surface area (Å²) < 4.78 is 21.4. The number of ether oxygens (including phenoxy) is 3. The maximum atomic E-state index is 12.1. The van der Waals surface area contributed by atoms with Crippen molar-refractivity contribution in [2.24, 2.45) is 0 Å². The smallest absolute Gasteiger partial charge is 0.331 e. The summed E-state index contributed by atoms with van der Waals surface area (Å²) >= 11 is 0. The molecule has 0 saturated heterocycles. The van der Waals surface area contributed by atoms with E-state index in [1.807, 2.05) is 13.8 Å². The SMILES string of the molecule is COc1cc(/C=C/C(=O)OC(C)C(=O)NC(=O)NC2CC2)ccc1OCc1c(C)noc1C.